The molecule has 0 aliphatic carbocycles. The van der Waals surface area contributed by atoms with Crippen LogP contribution in [0.5, 0.6) is 0 Å². The highest BCUT2D eigenvalue weighted by Crippen LogP contribution is 2.31. The summed E-state index contributed by atoms with van der Waals surface area (Å²) in [4.78, 5) is 0. The number of ether oxygens (including phenoxy) is 6. The Balaban J connectivity index is 1.45. The lowest BCUT2D eigenvalue weighted by Gasteiger charge is -2.39. The van der Waals surface area contributed by atoms with E-state index < -0.39 is 115 Å². The van der Waals surface area contributed by atoms with Crippen molar-refractivity contribution in [2.24, 2.45) is 5.41 Å². The number of hydrogen-bond acceptors (Lipinski definition) is 22. The first-order valence-corrected chi connectivity index (χ1v) is 21.1. The van der Waals surface area contributed by atoms with Crippen molar-refractivity contribution < 1.29 is 94.8 Å². The fourth-order valence-corrected chi connectivity index (χ4v) is 9.11. The Hall–Kier alpha value is 0.290. The quantitative estimate of drug-likeness (QED) is 0.0382. The van der Waals surface area contributed by atoms with Gasteiger partial charge in [0.15, 0.2) is 0 Å². The summed E-state index contributed by atoms with van der Waals surface area (Å²) in [5.41, 5.74) is -3.57. The number of aliphatic hydroxyl groups is 13. The van der Waals surface area contributed by atoms with Crippen LogP contribution in [0.2, 0.25) is 0 Å². The summed E-state index contributed by atoms with van der Waals surface area (Å²) in [6, 6.07) is 0. The van der Waals surface area contributed by atoms with Crippen molar-refractivity contribution in [1.29, 1.82) is 0 Å². The Morgan fingerprint density at radius 2 is 0.685 bits per heavy atom. The lowest BCUT2D eigenvalue weighted by atomic mass is 9.92. The Labute approximate surface area is 326 Å². The van der Waals surface area contributed by atoms with Crippen molar-refractivity contribution in [1.82, 2.24) is 0 Å². The van der Waals surface area contributed by atoms with Crippen LogP contribution in [0.3, 0.4) is 0 Å². The summed E-state index contributed by atoms with van der Waals surface area (Å²) in [6.07, 6.45) is -14.3. The number of rotatable bonds is 25. The van der Waals surface area contributed by atoms with E-state index in [9.17, 15) is 66.4 Å². The smallest absolute Gasteiger partial charge is 0.132 e. The van der Waals surface area contributed by atoms with Crippen LogP contribution in [0, 0.1) is 5.41 Å². The average molecular weight is 845 g/mol. The van der Waals surface area contributed by atoms with Crippen molar-refractivity contribution in [2.45, 2.75) is 109 Å². The topological polar surface area (TPSA) is 318 Å². The SMILES string of the molecule is OC[C@H]1O[C@H](SCCCOCC(CO)(COCCCS[C@H]2O[C@H](CO)[C@@H](O)[C@H](O)[C@@H]2O)COCCCS[C@H]2O[C@H](CO)[C@@H](O)[C@H](O)[C@@H]2O)[C@@H](O)[C@@H](O)[C@@H]1O. The zero-order chi connectivity index (χ0) is 39.8. The highest BCUT2D eigenvalue weighted by atomic mass is 32.2. The first-order chi connectivity index (χ1) is 25.8. The minimum atomic E-state index is -1.47. The standard InChI is InChI=1S/C32H60O19S3/c33-10-17-20(37)23(40)26(43)29(49-17)52-7-1-4-46-14-32(13-36,15-47-5-2-8-53-30-27(44)24(41)21(38)18(11-34)50-30)16-48-6-3-9-54-31-28(45)25(42)22(39)19(12-35)51-31/h17-31,33-45H,1-16H2/t17-,18-,19-,20-,21-,22-,23+,24+,25+,26+,27+,28+,29-,30-,31-/m1/s1. The van der Waals surface area contributed by atoms with Crippen LogP contribution in [0.15, 0.2) is 0 Å². The summed E-state index contributed by atoms with van der Waals surface area (Å²) in [5.74, 6) is 1.33. The van der Waals surface area contributed by atoms with E-state index >= 15 is 0 Å². The molecule has 0 radical (unpaired) electrons. The van der Waals surface area contributed by atoms with Crippen LogP contribution in [0.1, 0.15) is 19.3 Å². The van der Waals surface area contributed by atoms with Crippen molar-refractivity contribution >= 4 is 35.3 Å². The minimum Gasteiger partial charge on any atom is -0.396 e. The third kappa shape index (κ3) is 14.0. The Morgan fingerprint density at radius 1 is 0.407 bits per heavy atom. The number of thioether (sulfide) groups is 3. The molecule has 3 rings (SSSR count). The van der Waals surface area contributed by atoms with E-state index in [0.29, 0.717) is 36.5 Å². The van der Waals surface area contributed by atoms with Gasteiger partial charge < -0.3 is 94.8 Å². The van der Waals surface area contributed by atoms with Crippen molar-refractivity contribution in [2.75, 3.05) is 83.3 Å². The molecule has 3 aliphatic rings. The van der Waals surface area contributed by atoms with E-state index in [0.717, 1.165) is 0 Å². The predicted molar refractivity (Wildman–Crippen MR) is 195 cm³/mol. The normalized spacial score (nSPS) is 37.8. The van der Waals surface area contributed by atoms with Crippen LogP contribution in [0.4, 0.5) is 0 Å². The van der Waals surface area contributed by atoms with E-state index in [1.165, 1.54) is 35.3 Å². The second-order valence-corrected chi connectivity index (χ2v) is 17.2. The summed E-state index contributed by atoms with van der Waals surface area (Å²) in [7, 11) is 0. The van der Waals surface area contributed by atoms with Crippen LogP contribution >= 0.6 is 35.3 Å². The van der Waals surface area contributed by atoms with Gasteiger partial charge in [-0.3, -0.25) is 0 Å². The molecule has 0 aromatic heterocycles. The van der Waals surface area contributed by atoms with Gasteiger partial charge in [0.2, 0.25) is 0 Å². The van der Waals surface area contributed by atoms with Crippen LogP contribution < -0.4 is 0 Å². The third-order valence-electron chi connectivity index (χ3n) is 9.25. The fraction of sp³-hybridized carbons (Fsp3) is 1.00. The Morgan fingerprint density at radius 3 is 0.926 bits per heavy atom. The fourth-order valence-electron chi connectivity index (χ4n) is 5.82. The first kappa shape index (κ1) is 48.7. The van der Waals surface area contributed by atoms with E-state index in [-0.39, 0.29) is 46.2 Å². The van der Waals surface area contributed by atoms with E-state index in [2.05, 4.69) is 0 Å². The van der Waals surface area contributed by atoms with Gasteiger partial charge in [-0.05, 0) is 36.5 Å². The van der Waals surface area contributed by atoms with Crippen molar-refractivity contribution in [3.63, 3.8) is 0 Å². The lowest BCUT2D eigenvalue weighted by Crippen LogP contribution is -2.57. The molecule has 3 heterocycles. The largest absolute Gasteiger partial charge is 0.396 e. The first-order valence-electron chi connectivity index (χ1n) is 17.9. The van der Waals surface area contributed by atoms with Crippen LogP contribution in [-0.4, -0.2) is 239 Å². The molecule has 15 atom stereocenters. The second kappa shape index (κ2) is 25.0. The van der Waals surface area contributed by atoms with Gasteiger partial charge in [-0.1, -0.05) is 0 Å². The van der Waals surface area contributed by atoms with Crippen molar-refractivity contribution in [3.05, 3.63) is 0 Å². The lowest BCUT2D eigenvalue weighted by molar-refractivity contribution is -0.205. The molecule has 0 saturated carbocycles. The molecule has 13 N–H and O–H groups in total. The predicted octanol–water partition coefficient (Wildman–Crippen LogP) is -5.22. The monoisotopic (exact) mass is 844 g/mol. The molecule has 0 aromatic rings. The Kier molecular flexibility index (Phi) is 22.6. The van der Waals surface area contributed by atoms with Crippen LogP contribution in [-0.2, 0) is 28.4 Å². The van der Waals surface area contributed by atoms with E-state index in [1.54, 1.807) is 0 Å². The summed E-state index contributed by atoms with van der Waals surface area (Å²) < 4.78 is 34.3. The molecule has 22 heteroatoms. The van der Waals surface area contributed by atoms with Gasteiger partial charge in [0, 0.05) is 19.8 Å². The molecule has 0 aromatic carbocycles. The van der Waals surface area contributed by atoms with Gasteiger partial charge >= 0.3 is 0 Å². The summed E-state index contributed by atoms with van der Waals surface area (Å²) in [6.45, 7) is -1.03. The maximum absolute atomic E-state index is 10.5. The second-order valence-electron chi connectivity index (χ2n) is 13.6. The maximum Gasteiger partial charge on any atom is 0.132 e. The molecule has 19 nitrogen and oxygen atoms in total. The summed E-state index contributed by atoms with van der Waals surface area (Å²) in [5, 5.41) is 129. The Bertz CT molecular complexity index is 890. The maximum atomic E-state index is 10.5. The third-order valence-corrected chi connectivity index (χ3v) is 13.0. The molecular weight excluding hydrogens is 785 g/mol. The van der Waals surface area contributed by atoms with Gasteiger partial charge in [-0.25, -0.2) is 0 Å². The zero-order valence-corrected chi connectivity index (χ0v) is 32.4. The van der Waals surface area contributed by atoms with Crippen molar-refractivity contribution in [3.8, 4) is 0 Å². The minimum absolute atomic E-state index is 0.0491. The zero-order valence-electron chi connectivity index (χ0n) is 30.0. The summed E-state index contributed by atoms with van der Waals surface area (Å²) >= 11 is 3.59. The van der Waals surface area contributed by atoms with Gasteiger partial charge in [0.05, 0.1) is 51.7 Å². The number of hydrogen-bond donors (Lipinski definition) is 13. The molecule has 3 saturated heterocycles. The highest BCUT2D eigenvalue weighted by Gasteiger charge is 2.45. The molecule has 320 valence electrons. The molecule has 54 heavy (non-hydrogen) atoms. The molecule has 0 amide bonds. The molecular formula is C32H60O19S3. The van der Waals surface area contributed by atoms with E-state index in [1.807, 2.05) is 0 Å². The number of aliphatic hydroxyl groups excluding tert-OH is 13. The van der Waals surface area contributed by atoms with E-state index in [4.69, 9.17) is 28.4 Å². The molecule has 3 fully saturated rings. The molecule has 0 bridgehead atoms. The molecule has 0 unspecified atom stereocenters. The van der Waals surface area contributed by atoms with Gasteiger partial charge in [0.1, 0.15) is 89.6 Å². The molecule has 3 aliphatic heterocycles. The van der Waals surface area contributed by atoms with Gasteiger partial charge in [0.25, 0.3) is 0 Å². The highest BCUT2D eigenvalue weighted by molar-refractivity contribution is 8.00. The average Bonchev–Trinajstić information content (AvgIpc) is 3.17. The van der Waals surface area contributed by atoms with Crippen LogP contribution in [0.25, 0.3) is 0 Å². The molecule has 0 spiro atoms. The van der Waals surface area contributed by atoms with Gasteiger partial charge in [-0.2, -0.15) is 0 Å². The van der Waals surface area contributed by atoms with Gasteiger partial charge in [-0.15, -0.1) is 35.3 Å².